The average Bonchev–Trinajstić information content (AvgIpc) is 2.65. The van der Waals surface area contributed by atoms with Crippen LogP contribution in [0.3, 0.4) is 0 Å². The van der Waals surface area contributed by atoms with Gasteiger partial charge in [0.1, 0.15) is 0 Å². The molecule has 0 aliphatic rings. The van der Waals surface area contributed by atoms with Crippen LogP contribution >= 0.6 is 24.0 Å². The summed E-state index contributed by atoms with van der Waals surface area (Å²) in [6, 6.07) is 3.85. The maximum Gasteiger partial charge on any atom is 0.203 e. The number of benzene rings is 1. The van der Waals surface area contributed by atoms with Gasteiger partial charge in [-0.05, 0) is 37.0 Å². The van der Waals surface area contributed by atoms with E-state index in [1.54, 1.807) is 35.5 Å². The summed E-state index contributed by atoms with van der Waals surface area (Å²) < 4.78 is 21.1. The summed E-state index contributed by atoms with van der Waals surface area (Å²) >= 11 is 0. The Labute approximate surface area is 173 Å². The first-order chi connectivity index (χ1) is 12.2. The van der Waals surface area contributed by atoms with E-state index < -0.39 is 0 Å². The SMILES string of the molecule is CN=C(NCCCCCOC)NCc1cc(OC)c(OC)c(OC)c1.I. The molecule has 0 bridgehead atoms. The molecule has 7 nitrogen and oxygen atoms in total. The molecule has 0 radical (unpaired) electrons. The van der Waals surface area contributed by atoms with Crippen molar-refractivity contribution in [2.75, 3.05) is 48.6 Å². The monoisotopic (exact) mass is 481 g/mol. The summed E-state index contributed by atoms with van der Waals surface area (Å²) in [7, 11) is 8.30. The van der Waals surface area contributed by atoms with E-state index in [-0.39, 0.29) is 24.0 Å². The molecule has 0 aliphatic heterocycles. The van der Waals surface area contributed by atoms with Crippen LogP contribution in [-0.4, -0.2) is 54.6 Å². The molecule has 150 valence electrons. The summed E-state index contributed by atoms with van der Waals surface area (Å²) in [4.78, 5) is 4.24. The number of methoxy groups -OCH3 is 4. The van der Waals surface area contributed by atoms with Gasteiger partial charge in [-0.1, -0.05) is 0 Å². The number of unbranched alkanes of at least 4 members (excludes halogenated alkanes) is 2. The second-order valence-corrected chi connectivity index (χ2v) is 5.44. The Hall–Kier alpha value is -1.42. The number of ether oxygens (including phenoxy) is 4. The number of halogens is 1. The molecule has 0 spiro atoms. The minimum atomic E-state index is 0. The van der Waals surface area contributed by atoms with Crippen LogP contribution in [0.1, 0.15) is 24.8 Å². The third kappa shape index (κ3) is 8.31. The van der Waals surface area contributed by atoms with Crippen LogP contribution in [0.15, 0.2) is 17.1 Å². The molecule has 8 heteroatoms. The van der Waals surface area contributed by atoms with E-state index in [1.807, 2.05) is 12.1 Å². The molecule has 26 heavy (non-hydrogen) atoms. The van der Waals surface area contributed by atoms with Crippen LogP contribution in [-0.2, 0) is 11.3 Å². The van der Waals surface area contributed by atoms with E-state index in [2.05, 4.69) is 15.6 Å². The van der Waals surface area contributed by atoms with E-state index in [9.17, 15) is 0 Å². The molecule has 1 aromatic carbocycles. The van der Waals surface area contributed by atoms with Gasteiger partial charge in [0.2, 0.25) is 5.75 Å². The first-order valence-electron chi connectivity index (χ1n) is 8.42. The van der Waals surface area contributed by atoms with Gasteiger partial charge in [-0.15, -0.1) is 24.0 Å². The van der Waals surface area contributed by atoms with Gasteiger partial charge in [-0.2, -0.15) is 0 Å². The molecule has 0 amide bonds. The molecule has 1 aromatic rings. The van der Waals surface area contributed by atoms with Gasteiger partial charge in [-0.25, -0.2) is 0 Å². The molecule has 0 saturated carbocycles. The van der Waals surface area contributed by atoms with Gasteiger partial charge in [-0.3, -0.25) is 4.99 Å². The lowest BCUT2D eigenvalue weighted by molar-refractivity contribution is 0.192. The van der Waals surface area contributed by atoms with Gasteiger partial charge in [0, 0.05) is 33.9 Å². The van der Waals surface area contributed by atoms with Crippen molar-refractivity contribution in [2.24, 2.45) is 4.99 Å². The maximum atomic E-state index is 5.38. The van der Waals surface area contributed by atoms with Gasteiger partial charge < -0.3 is 29.6 Å². The number of hydrogen-bond donors (Lipinski definition) is 2. The number of nitrogens with zero attached hydrogens (tertiary/aromatic N) is 1. The van der Waals surface area contributed by atoms with E-state index in [0.717, 1.165) is 43.9 Å². The highest BCUT2D eigenvalue weighted by Crippen LogP contribution is 2.38. The topological polar surface area (TPSA) is 73.3 Å². The lowest BCUT2D eigenvalue weighted by atomic mass is 10.2. The molecule has 0 fully saturated rings. The standard InChI is InChI=1S/C18H31N3O4.HI/c1-19-18(20-9-7-6-8-10-22-2)21-13-14-11-15(23-3)17(25-5)16(12-14)24-4;/h11-12H,6-10,13H2,1-5H3,(H2,19,20,21);1H. The fraction of sp³-hybridized carbons (Fsp3) is 0.611. The van der Waals surface area contributed by atoms with Crippen molar-refractivity contribution in [3.05, 3.63) is 17.7 Å². The first-order valence-corrected chi connectivity index (χ1v) is 8.42. The zero-order chi connectivity index (χ0) is 18.5. The molecular formula is C18H32IN3O4. The van der Waals surface area contributed by atoms with E-state index in [0.29, 0.717) is 23.8 Å². The second-order valence-electron chi connectivity index (χ2n) is 5.44. The maximum absolute atomic E-state index is 5.38. The number of hydrogen-bond acceptors (Lipinski definition) is 5. The summed E-state index contributed by atoms with van der Waals surface area (Å²) in [6.45, 7) is 2.28. The molecule has 0 aromatic heterocycles. The molecule has 0 unspecified atom stereocenters. The number of rotatable bonds is 11. The Balaban J connectivity index is 0.00000625. The lowest BCUT2D eigenvalue weighted by Gasteiger charge is -2.16. The predicted octanol–water partition coefficient (Wildman–Crippen LogP) is 2.81. The summed E-state index contributed by atoms with van der Waals surface area (Å²) in [5.74, 6) is 2.63. The Morgan fingerprint density at radius 3 is 2.08 bits per heavy atom. The van der Waals surface area contributed by atoms with Crippen LogP contribution in [0, 0.1) is 0 Å². The number of aliphatic imine (C=N–C) groups is 1. The zero-order valence-corrected chi connectivity index (χ0v) is 18.7. The van der Waals surface area contributed by atoms with Crippen LogP contribution in [0.25, 0.3) is 0 Å². The van der Waals surface area contributed by atoms with Crippen molar-refractivity contribution < 1.29 is 18.9 Å². The quantitative estimate of drug-likeness (QED) is 0.219. The van der Waals surface area contributed by atoms with Crippen molar-refractivity contribution in [3.8, 4) is 17.2 Å². The highest BCUT2D eigenvalue weighted by molar-refractivity contribution is 14.0. The van der Waals surface area contributed by atoms with Crippen LogP contribution in [0.2, 0.25) is 0 Å². The highest BCUT2D eigenvalue weighted by atomic mass is 127. The third-order valence-electron chi connectivity index (χ3n) is 3.73. The van der Waals surface area contributed by atoms with Crippen molar-refractivity contribution in [3.63, 3.8) is 0 Å². The van der Waals surface area contributed by atoms with E-state index >= 15 is 0 Å². The highest BCUT2D eigenvalue weighted by Gasteiger charge is 2.13. The minimum absolute atomic E-state index is 0. The summed E-state index contributed by atoms with van der Waals surface area (Å²) in [5.41, 5.74) is 1.01. The Morgan fingerprint density at radius 2 is 1.58 bits per heavy atom. The van der Waals surface area contributed by atoms with Crippen LogP contribution < -0.4 is 24.8 Å². The second kappa shape index (κ2) is 14.7. The molecular weight excluding hydrogens is 449 g/mol. The molecule has 0 heterocycles. The third-order valence-corrected chi connectivity index (χ3v) is 3.73. The fourth-order valence-electron chi connectivity index (χ4n) is 2.40. The van der Waals surface area contributed by atoms with Gasteiger partial charge in [0.25, 0.3) is 0 Å². The van der Waals surface area contributed by atoms with Crippen molar-refractivity contribution >= 4 is 29.9 Å². The molecule has 1 rings (SSSR count). The predicted molar refractivity (Wildman–Crippen MR) is 115 cm³/mol. The molecule has 0 saturated heterocycles. The van der Waals surface area contributed by atoms with Gasteiger partial charge in [0.05, 0.1) is 21.3 Å². The smallest absolute Gasteiger partial charge is 0.203 e. The van der Waals surface area contributed by atoms with Gasteiger partial charge >= 0.3 is 0 Å². The normalized spacial score (nSPS) is 10.7. The Morgan fingerprint density at radius 1 is 0.923 bits per heavy atom. The van der Waals surface area contributed by atoms with Crippen molar-refractivity contribution in [2.45, 2.75) is 25.8 Å². The summed E-state index contributed by atoms with van der Waals surface area (Å²) in [5, 5.41) is 6.60. The van der Waals surface area contributed by atoms with Crippen molar-refractivity contribution in [1.82, 2.24) is 10.6 Å². The van der Waals surface area contributed by atoms with Crippen molar-refractivity contribution in [1.29, 1.82) is 0 Å². The largest absolute Gasteiger partial charge is 0.493 e. The van der Waals surface area contributed by atoms with Crippen LogP contribution in [0.4, 0.5) is 0 Å². The van der Waals surface area contributed by atoms with E-state index in [1.165, 1.54) is 0 Å². The Bertz CT molecular complexity index is 516. The lowest BCUT2D eigenvalue weighted by Crippen LogP contribution is -2.37. The van der Waals surface area contributed by atoms with E-state index in [4.69, 9.17) is 18.9 Å². The number of nitrogens with one attached hydrogen (secondary N) is 2. The van der Waals surface area contributed by atoms with Gasteiger partial charge in [0.15, 0.2) is 17.5 Å². The summed E-state index contributed by atoms with van der Waals surface area (Å²) in [6.07, 6.45) is 3.29. The fourth-order valence-corrected chi connectivity index (χ4v) is 2.40. The minimum Gasteiger partial charge on any atom is -0.493 e. The number of guanidine groups is 1. The molecule has 0 aliphatic carbocycles. The molecule has 0 atom stereocenters. The average molecular weight is 481 g/mol. The Kier molecular flexibility index (Phi) is 13.9. The molecule has 2 N–H and O–H groups in total. The first kappa shape index (κ1) is 24.6. The zero-order valence-electron chi connectivity index (χ0n) is 16.4. The van der Waals surface area contributed by atoms with Crippen LogP contribution in [0.5, 0.6) is 17.2 Å².